The van der Waals surface area contributed by atoms with E-state index in [1.165, 1.54) is 22.3 Å². The first-order valence-electron chi connectivity index (χ1n) is 6.47. The highest BCUT2D eigenvalue weighted by Crippen LogP contribution is 2.19. The fourth-order valence-electron chi connectivity index (χ4n) is 2.13. The molecule has 0 aliphatic carbocycles. The smallest absolute Gasteiger partial charge is 0.000711 e. The molecule has 92 valence electrons. The standard InChI is InChI=1S/C18H20/c1-14-9-11-18(16(3)13-14)12-10-15(2)17-7-5-4-6-8-17/h4-13,15H,1-3H3. The number of rotatable bonds is 3. The molecule has 0 nitrogen and oxygen atoms in total. The van der Waals surface area contributed by atoms with E-state index in [-0.39, 0.29) is 0 Å². The molecule has 0 amide bonds. The Kier molecular flexibility index (Phi) is 3.99. The summed E-state index contributed by atoms with van der Waals surface area (Å²) in [5.41, 5.74) is 5.33. The summed E-state index contributed by atoms with van der Waals surface area (Å²) in [6, 6.07) is 17.2. The normalized spacial score (nSPS) is 12.8. The topological polar surface area (TPSA) is 0 Å². The zero-order valence-electron chi connectivity index (χ0n) is 11.4. The van der Waals surface area contributed by atoms with Crippen molar-refractivity contribution >= 4 is 6.08 Å². The van der Waals surface area contributed by atoms with Crippen LogP contribution in [0, 0.1) is 13.8 Å². The Morgan fingerprint density at radius 2 is 1.67 bits per heavy atom. The van der Waals surface area contributed by atoms with E-state index >= 15 is 0 Å². The van der Waals surface area contributed by atoms with E-state index in [0.717, 1.165) is 0 Å². The van der Waals surface area contributed by atoms with E-state index < -0.39 is 0 Å². The molecule has 0 bridgehead atoms. The molecule has 18 heavy (non-hydrogen) atoms. The highest BCUT2D eigenvalue weighted by Gasteiger charge is 2.00. The predicted octanol–water partition coefficient (Wildman–Crippen LogP) is 5.12. The van der Waals surface area contributed by atoms with Gasteiger partial charge in [-0.2, -0.15) is 0 Å². The van der Waals surface area contributed by atoms with Crippen molar-refractivity contribution in [2.24, 2.45) is 0 Å². The second-order valence-electron chi connectivity index (χ2n) is 4.92. The third-order valence-corrected chi connectivity index (χ3v) is 3.32. The van der Waals surface area contributed by atoms with Crippen LogP contribution in [-0.2, 0) is 0 Å². The second kappa shape index (κ2) is 5.68. The van der Waals surface area contributed by atoms with Crippen molar-refractivity contribution in [3.8, 4) is 0 Å². The van der Waals surface area contributed by atoms with Gasteiger partial charge in [-0.1, -0.05) is 73.2 Å². The third kappa shape index (κ3) is 3.10. The third-order valence-electron chi connectivity index (χ3n) is 3.32. The van der Waals surface area contributed by atoms with Crippen molar-refractivity contribution in [1.29, 1.82) is 0 Å². The summed E-state index contributed by atoms with van der Waals surface area (Å²) in [6.45, 7) is 6.53. The maximum atomic E-state index is 2.27. The summed E-state index contributed by atoms with van der Waals surface area (Å²) in [7, 11) is 0. The van der Waals surface area contributed by atoms with Gasteiger partial charge in [0.15, 0.2) is 0 Å². The molecule has 0 N–H and O–H groups in total. The SMILES string of the molecule is Cc1ccc(C=CC(C)c2ccccc2)c(C)c1. The van der Waals surface area contributed by atoms with E-state index in [1.54, 1.807) is 0 Å². The van der Waals surface area contributed by atoms with Crippen LogP contribution in [0.15, 0.2) is 54.6 Å². The van der Waals surface area contributed by atoms with Gasteiger partial charge in [-0.3, -0.25) is 0 Å². The highest BCUT2D eigenvalue weighted by molar-refractivity contribution is 5.55. The van der Waals surface area contributed by atoms with Gasteiger partial charge in [0.1, 0.15) is 0 Å². The fourth-order valence-corrected chi connectivity index (χ4v) is 2.13. The fraction of sp³-hybridized carbons (Fsp3) is 0.222. The molecular weight excluding hydrogens is 216 g/mol. The van der Waals surface area contributed by atoms with Gasteiger partial charge < -0.3 is 0 Å². The Morgan fingerprint density at radius 1 is 0.944 bits per heavy atom. The summed E-state index contributed by atoms with van der Waals surface area (Å²) >= 11 is 0. The summed E-state index contributed by atoms with van der Waals surface area (Å²) in [5.74, 6) is 0.451. The molecule has 0 radical (unpaired) electrons. The van der Waals surface area contributed by atoms with Gasteiger partial charge in [0.2, 0.25) is 0 Å². The molecular formula is C18H20. The molecule has 0 spiro atoms. The van der Waals surface area contributed by atoms with Crippen LogP contribution >= 0.6 is 0 Å². The van der Waals surface area contributed by atoms with Crippen molar-refractivity contribution < 1.29 is 0 Å². The zero-order chi connectivity index (χ0) is 13.0. The van der Waals surface area contributed by atoms with Crippen LogP contribution in [0.2, 0.25) is 0 Å². The average Bonchev–Trinajstić information content (AvgIpc) is 2.38. The molecule has 2 aromatic rings. The molecule has 0 saturated carbocycles. The number of hydrogen-bond acceptors (Lipinski definition) is 0. The van der Waals surface area contributed by atoms with Crippen LogP contribution in [-0.4, -0.2) is 0 Å². The lowest BCUT2D eigenvalue weighted by Crippen LogP contribution is -1.88. The largest absolute Gasteiger partial charge is 0.0767 e. The van der Waals surface area contributed by atoms with Crippen molar-refractivity contribution in [3.05, 3.63) is 76.9 Å². The Balaban J connectivity index is 2.16. The molecule has 0 heteroatoms. The van der Waals surface area contributed by atoms with Crippen LogP contribution in [0.1, 0.15) is 35.1 Å². The van der Waals surface area contributed by atoms with Crippen LogP contribution in [0.5, 0.6) is 0 Å². The Hall–Kier alpha value is -1.82. The summed E-state index contributed by atoms with van der Waals surface area (Å²) in [4.78, 5) is 0. The van der Waals surface area contributed by atoms with Crippen LogP contribution in [0.4, 0.5) is 0 Å². The van der Waals surface area contributed by atoms with Gasteiger partial charge in [-0.15, -0.1) is 0 Å². The molecule has 0 aliphatic heterocycles. The van der Waals surface area contributed by atoms with E-state index in [0.29, 0.717) is 5.92 Å². The maximum Gasteiger partial charge on any atom is -0.000711 e. The molecule has 0 saturated heterocycles. The van der Waals surface area contributed by atoms with Crippen molar-refractivity contribution in [2.45, 2.75) is 26.7 Å². The first-order chi connectivity index (χ1) is 8.66. The molecule has 0 heterocycles. The average molecular weight is 236 g/mol. The zero-order valence-corrected chi connectivity index (χ0v) is 11.4. The lowest BCUT2D eigenvalue weighted by molar-refractivity contribution is 0.973. The number of hydrogen-bond donors (Lipinski definition) is 0. The quantitative estimate of drug-likeness (QED) is 0.693. The monoisotopic (exact) mass is 236 g/mol. The van der Waals surface area contributed by atoms with Gasteiger partial charge in [0.05, 0.1) is 0 Å². The molecule has 0 fully saturated rings. The Morgan fingerprint density at radius 3 is 2.33 bits per heavy atom. The van der Waals surface area contributed by atoms with Gasteiger partial charge in [-0.25, -0.2) is 0 Å². The lowest BCUT2D eigenvalue weighted by atomic mass is 9.98. The minimum atomic E-state index is 0.451. The van der Waals surface area contributed by atoms with Gasteiger partial charge >= 0.3 is 0 Å². The van der Waals surface area contributed by atoms with E-state index in [1.807, 2.05) is 0 Å². The van der Waals surface area contributed by atoms with Gasteiger partial charge in [-0.05, 0) is 36.5 Å². The van der Waals surface area contributed by atoms with E-state index in [4.69, 9.17) is 0 Å². The van der Waals surface area contributed by atoms with Gasteiger partial charge in [0, 0.05) is 0 Å². The van der Waals surface area contributed by atoms with Crippen molar-refractivity contribution in [2.75, 3.05) is 0 Å². The molecule has 2 aromatic carbocycles. The molecule has 1 unspecified atom stereocenters. The predicted molar refractivity (Wildman–Crippen MR) is 79.8 cm³/mol. The van der Waals surface area contributed by atoms with Crippen molar-refractivity contribution in [3.63, 3.8) is 0 Å². The van der Waals surface area contributed by atoms with Gasteiger partial charge in [0.25, 0.3) is 0 Å². The van der Waals surface area contributed by atoms with Crippen molar-refractivity contribution in [1.82, 2.24) is 0 Å². The highest BCUT2D eigenvalue weighted by atomic mass is 14.1. The summed E-state index contributed by atoms with van der Waals surface area (Å²) < 4.78 is 0. The molecule has 2 rings (SSSR count). The molecule has 1 atom stereocenters. The minimum Gasteiger partial charge on any atom is -0.0767 e. The number of aryl methyl sites for hydroxylation is 2. The Bertz CT molecular complexity index is 535. The summed E-state index contributed by atoms with van der Waals surface area (Å²) in [5, 5.41) is 0. The maximum absolute atomic E-state index is 2.27. The van der Waals surface area contributed by atoms with E-state index in [9.17, 15) is 0 Å². The second-order valence-corrected chi connectivity index (χ2v) is 4.92. The van der Waals surface area contributed by atoms with Crippen LogP contribution in [0.25, 0.3) is 6.08 Å². The minimum absolute atomic E-state index is 0.451. The molecule has 0 aromatic heterocycles. The van der Waals surface area contributed by atoms with Crippen LogP contribution < -0.4 is 0 Å². The summed E-state index contributed by atoms with van der Waals surface area (Å²) in [6.07, 6.45) is 4.50. The van der Waals surface area contributed by atoms with Crippen LogP contribution in [0.3, 0.4) is 0 Å². The van der Waals surface area contributed by atoms with E-state index in [2.05, 4.69) is 81.5 Å². The molecule has 0 aliphatic rings. The lowest BCUT2D eigenvalue weighted by Gasteiger charge is -2.07. The first-order valence-corrected chi connectivity index (χ1v) is 6.47. The Labute approximate surface area is 110 Å². The number of benzene rings is 2. The first kappa shape index (κ1) is 12.6. The number of allylic oxidation sites excluding steroid dienone is 1.